The SMILES string of the molecule is C[C@H](NC(=O)/C(=C/c1ccc(Cl)cc1)NC(=O)c1ccc(C(C)(C)C)cc1)C(=O)[O-]. The lowest BCUT2D eigenvalue weighted by Crippen LogP contribution is -2.48. The van der Waals surface area contributed by atoms with Crippen LogP contribution in [0, 0.1) is 0 Å². The fourth-order valence-corrected chi connectivity index (χ4v) is 2.66. The molecular weight excluding hydrogens is 404 g/mol. The highest BCUT2D eigenvalue weighted by Crippen LogP contribution is 2.22. The molecule has 7 heteroatoms. The van der Waals surface area contributed by atoms with E-state index in [0.29, 0.717) is 16.1 Å². The fraction of sp³-hybridized carbons (Fsp3) is 0.261. The van der Waals surface area contributed by atoms with Crippen molar-refractivity contribution in [3.8, 4) is 0 Å². The van der Waals surface area contributed by atoms with E-state index in [2.05, 4.69) is 31.4 Å². The molecule has 6 nitrogen and oxygen atoms in total. The average Bonchev–Trinajstić information content (AvgIpc) is 2.68. The molecule has 0 saturated carbocycles. The van der Waals surface area contributed by atoms with Crippen LogP contribution < -0.4 is 15.7 Å². The van der Waals surface area contributed by atoms with E-state index < -0.39 is 23.8 Å². The number of hydrogen-bond acceptors (Lipinski definition) is 4. The van der Waals surface area contributed by atoms with Crippen LogP contribution in [0.5, 0.6) is 0 Å². The highest BCUT2D eigenvalue weighted by Gasteiger charge is 2.18. The summed E-state index contributed by atoms with van der Waals surface area (Å²) in [5.41, 5.74) is 1.88. The number of carboxylic acid groups (broad SMARTS) is 1. The molecule has 0 aliphatic carbocycles. The molecule has 0 bridgehead atoms. The molecule has 0 heterocycles. The van der Waals surface area contributed by atoms with Crippen LogP contribution in [0.2, 0.25) is 5.02 Å². The topological polar surface area (TPSA) is 98.3 Å². The van der Waals surface area contributed by atoms with E-state index >= 15 is 0 Å². The maximum Gasteiger partial charge on any atom is 0.268 e. The summed E-state index contributed by atoms with van der Waals surface area (Å²) in [6.07, 6.45) is 1.44. The Labute approximate surface area is 180 Å². The lowest BCUT2D eigenvalue weighted by Gasteiger charge is -2.19. The minimum atomic E-state index is -1.43. The van der Waals surface area contributed by atoms with Gasteiger partial charge in [0, 0.05) is 10.6 Å². The van der Waals surface area contributed by atoms with Crippen LogP contribution in [0.15, 0.2) is 54.2 Å². The minimum absolute atomic E-state index is 0.0600. The van der Waals surface area contributed by atoms with Crippen molar-refractivity contribution >= 4 is 35.5 Å². The molecule has 2 aromatic carbocycles. The molecule has 0 unspecified atom stereocenters. The number of carbonyl (C=O) groups excluding carboxylic acids is 3. The number of carbonyl (C=O) groups is 3. The Kier molecular flexibility index (Phi) is 7.40. The van der Waals surface area contributed by atoms with Gasteiger partial charge in [0.15, 0.2) is 0 Å². The monoisotopic (exact) mass is 427 g/mol. The Morgan fingerprint density at radius 1 is 1.00 bits per heavy atom. The van der Waals surface area contributed by atoms with Gasteiger partial charge in [0.25, 0.3) is 11.8 Å². The summed E-state index contributed by atoms with van der Waals surface area (Å²) in [5, 5.41) is 16.3. The number of amides is 2. The Morgan fingerprint density at radius 2 is 1.57 bits per heavy atom. The van der Waals surface area contributed by atoms with Crippen molar-refractivity contribution in [3.63, 3.8) is 0 Å². The summed E-state index contributed by atoms with van der Waals surface area (Å²) in [7, 11) is 0. The lowest BCUT2D eigenvalue weighted by molar-refractivity contribution is -0.307. The molecule has 0 aliphatic rings. The van der Waals surface area contributed by atoms with Crippen molar-refractivity contribution < 1.29 is 19.5 Å². The Bertz CT molecular complexity index is 958. The van der Waals surface area contributed by atoms with Crippen molar-refractivity contribution in [2.75, 3.05) is 0 Å². The van der Waals surface area contributed by atoms with Crippen molar-refractivity contribution in [2.24, 2.45) is 0 Å². The minimum Gasteiger partial charge on any atom is -0.548 e. The maximum atomic E-state index is 12.7. The molecular formula is C23H24ClN2O4-. The first-order valence-corrected chi connectivity index (χ1v) is 9.76. The second-order valence-corrected chi connectivity index (χ2v) is 8.34. The molecule has 2 aromatic rings. The van der Waals surface area contributed by atoms with Crippen LogP contribution in [0.4, 0.5) is 0 Å². The van der Waals surface area contributed by atoms with Crippen LogP contribution in [0.25, 0.3) is 6.08 Å². The fourth-order valence-electron chi connectivity index (χ4n) is 2.53. The van der Waals surface area contributed by atoms with E-state index in [1.54, 1.807) is 36.4 Å². The van der Waals surface area contributed by atoms with Crippen molar-refractivity contribution in [1.29, 1.82) is 0 Å². The summed E-state index contributed by atoms with van der Waals surface area (Å²) < 4.78 is 0. The van der Waals surface area contributed by atoms with Gasteiger partial charge in [0.2, 0.25) is 0 Å². The molecule has 0 radical (unpaired) electrons. The number of rotatable bonds is 6. The van der Waals surface area contributed by atoms with E-state index in [4.69, 9.17) is 11.6 Å². The Balaban J connectivity index is 2.29. The van der Waals surface area contributed by atoms with Gasteiger partial charge >= 0.3 is 0 Å². The van der Waals surface area contributed by atoms with Crippen LogP contribution in [-0.2, 0) is 15.0 Å². The molecule has 158 valence electrons. The van der Waals surface area contributed by atoms with Gasteiger partial charge in [-0.15, -0.1) is 0 Å². The van der Waals surface area contributed by atoms with Gasteiger partial charge in [-0.3, -0.25) is 9.59 Å². The first kappa shape index (κ1) is 23.2. The van der Waals surface area contributed by atoms with Crippen LogP contribution in [0.1, 0.15) is 49.2 Å². The number of aliphatic carboxylic acids is 1. The van der Waals surface area contributed by atoms with E-state index in [1.165, 1.54) is 13.0 Å². The Morgan fingerprint density at radius 3 is 2.07 bits per heavy atom. The first-order chi connectivity index (χ1) is 14.0. The number of benzene rings is 2. The van der Waals surface area contributed by atoms with Gasteiger partial charge in [0.05, 0.1) is 12.0 Å². The van der Waals surface area contributed by atoms with Crippen LogP contribution in [0.3, 0.4) is 0 Å². The number of hydrogen-bond donors (Lipinski definition) is 2. The largest absolute Gasteiger partial charge is 0.548 e. The third-order valence-corrected chi connectivity index (χ3v) is 4.64. The molecule has 0 aromatic heterocycles. The maximum absolute atomic E-state index is 12.7. The molecule has 0 saturated heterocycles. The van der Waals surface area contributed by atoms with E-state index in [0.717, 1.165) is 5.56 Å². The standard InChI is InChI=1S/C23H25ClN2O4/c1-14(22(29)30)25-21(28)19(13-15-5-11-18(24)12-6-15)26-20(27)16-7-9-17(10-8-16)23(2,3)4/h5-14H,1-4H3,(H,25,28)(H,26,27)(H,29,30)/p-1/b19-13-/t14-/m0/s1. The summed E-state index contributed by atoms with van der Waals surface area (Å²) in [4.78, 5) is 36.2. The molecule has 30 heavy (non-hydrogen) atoms. The van der Waals surface area contributed by atoms with Gasteiger partial charge in [0.1, 0.15) is 5.70 Å². The van der Waals surface area contributed by atoms with Gasteiger partial charge in [-0.25, -0.2) is 0 Å². The normalized spacial score (nSPS) is 12.8. The van der Waals surface area contributed by atoms with Crippen molar-refractivity contribution in [2.45, 2.75) is 39.2 Å². The van der Waals surface area contributed by atoms with Crippen molar-refractivity contribution in [1.82, 2.24) is 10.6 Å². The molecule has 0 spiro atoms. The number of carboxylic acids is 1. The number of halogens is 1. The second-order valence-electron chi connectivity index (χ2n) is 7.91. The van der Waals surface area contributed by atoms with Crippen molar-refractivity contribution in [3.05, 3.63) is 75.9 Å². The zero-order chi connectivity index (χ0) is 22.5. The second kappa shape index (κ2) is 9.59. The van der Waals surface area contributed by atoms with E-state index in [1.807, 2.05) is 12.1 Å². The lowest BCUT2D eigenvalue weighted by atomic mass is 9.87. The smallest absolute Gasteiger partial charge is 0.268 e. The predicted molar refractivity (Wildman–Crippen MR) is 115 cm³/mol. The van der Waals surface area contributed by atoms with Gasteiger partial charge < -0.3 is 20.5 Å². The molecule has 1 atom stereocenters. The zero-order valence-electron chi connectivity index (χ0n) is 17.3. The molecule has 2 rings (SSSR count). The zero-order valence-corrected chi connectivity index (χ0v) is 18.0. The molecule has 2 amide bonds. The molecule has 0 aliphatic heterocycles. The quantitative estimate of drug-likeness (QED) is 0.692. The third kappa shape index (κ3) is 6.46. The summed E-state index contributed by atoms with van der Waals surface area (Å²) in [6.45, 7) is 7.48. The summed E-state index contributed by atoms with van der Waals surface area (Å²) >= 11 is 5.88. The van der Waals surface area contributed by atoms with E-state index in [9.17, 15) is 19.5 Å². The van der Waals surface area contributed by atoms with E-state index in [-0.39, 0.29) is 11.1 Å². The van der Waals surface area contributed by atoms with Gasteiger partial charge in [-0.05, 0) is 53.8 Å². The van der Waals surface area contributed by atoms with Gasteiger partial charge in [-0.2, -0.15) is 0 Å². The van der Waals surface area contributed by atoms with Crippen LogP contribution >= 0.6 is 11.6 Å². The predicted octanol–water partition coefficient (Wildman–Crippen LogP) is 2.66. The Hall–Kier alpha value is -3.12. The molecule has 2 N–H and O–H groups in total. The van der Waals surface area contributed by atoms with Gasteiger partial charge in [-0.1, -0.05) is 56.6 Å². The number of nitrogens with one attached hydrogen (secondary N) is 2. The molecule has 0 fully saturated rings. The average molecular weight is 428 g/mol. The highest BCUT2D eigenvalue weighted by molar-refractivity contribution is 6.30. The highest BCUT2D eigenvalue weighted by atomic mass is 35.5. The third-order valence-electron chi connectivity index (χ3n) is 4.39. The first-order valence-electron chi connectivity index (χ1n) is 9.38. The summed E-state index contributed by atoms with van der Waals surface area (Å²) in [5.74, 6) is -2.67. The summed E-state index contributed by atoms with van der Waals surface area (Å²) in [6, 6.07) is 12.5. The van der Waals surface area contributed by atoms with Crippen LogP contribution in [-0.4, -0.2) is 23.8 Å².